The lowest BCUT2D eigenvalue weighted by molar-refractivity contribution is 0.102. The lowest BCUT2D eigenvalue weighted by atomic mass is 9.98. The molecule has 3 N–H and O–H groups in total. The molecule has 0 aliphatic carbocycles. The number of hydrogen-bond acceptors (Lipinski definition) is 5. The molecule has 1 aromatic carbocycles. The fourth-order valence-corrected chi connectivity index (χ4v) is 2.88. The number of nitrogens with one attached hydrogen (secondary N) is 2. The number of piperidine rings is 1. The Morgan fingerprint density at radius 1 is 1.44 bits per heavy atom. The number of benzene rings is 1. The Balaban J connectivity index is 0.00000225. The molecule has 25 heavy (non-hydrogen) atoms. The number of nitrogens with zero attached hydrogens (tertiary/aromatic N) is 3. The number of rotatable bonds is 3. The third-order valence-corrected chi connectivity index (χ3v) is 4.27. The van der Waals surface area contributed by atoms with Gasteiger partial charge in [-0.3, -0.25) is 10.1 Å². The van der Waals surface area contributed by atoms with E-state index in [1.807, 2.05) is 0 Å². The molecule has 2 heterocycles. The van der Waals surface area contributed by atoms with Gasteiger partial charge in [0.05, 0.1) is 10.6 Å². The van der Waals surface area contributed by atoms with E-state index in [4.69, 9.17) is 11.6 Å². The van der Waals surface area contributed by atoms with Crippen LogP contribution in [-0.4, -0.2) is 38.9 Å². The molecular formula is C15H18Cl2FN5O2. The molecule has 10 heteroatoms. The first-order chi connectivity index (χ1) is 11.5. The van der Waals surface area contributed by atoms with E-state index in [0.717, 1.165) is 38.1 Å². The highest BCUT2D eigenvalue weighted by atomic mass is 35.5. The highest BCUT2D eigenvalue weighted by Gasteiger charge is 2.22. The highest BCUT2D eigenvalue weighted by Crippen LogP contribution is 2.29. The zero-order valence-corrected chi connectivity index (χ0v) is 15.0. The van der Waals surface area contributed by atoms with Gasteiger partial charge < -0.3 is 10.4 Å². The molecule has 136 valence electrons. The van der Waals surface area contributed by atoms with Crippen molar-refractivity contribution in [3.8, 4) is 5.75 Å². The number of aromatic nitrogens is 3. The Morgan fingerprint density at radius 2 is 2.12 bits per heavy atom. The van der Waals surface area contributed by atoms with Crippen molar-refractivity contribution >= 4 is 35.9 Å². The van der Waals surface area contributed by atoms with Crippen molar-refractivity contribution in [2.45, 2.75) is 18.8 Å². The van der Waals surface area contributed by atoms with Crippen LogP contribution in [0.25, 0.3) is 0 Å². The van der Waals surface area contributed by atoms with Crippen LogP contribution in [0.3, 0.4) is 0 Å². The molecule has 1 aromatic heterocycles. The molecule has 0 saturated carbocycles. The number of anilines is 1. The van der Waals surface area contributed by atoms with Crippen molar-refractivity contribution < 1.29 is 14.3 Å². The van der Waals surface area contributed by atoms with Crippen LogP contribution in [-0.2, 0) is 7.05 Å². The predicted molar refractivity (Wildman–Crippen MR) is 94.1 cm³/mol. The van der Waals surface area contributed by atoms with Gasteiger partial charge >= 0.3 is 0 Å². The molecule has 0 unspecified atom stereocenters. The normalized spacial score (nSPS) is 14.8. The van der Waals surface area contributed by atoms with Gasteiger partial charge in [-0.1, -0.05) is 11.6 Å². The second kappa shape index (κ2) is 7.99. The molecule has 0 radical (unpaired) electrons. The van der Waals surface area contributed by atoms with Crippen molar-refractivity contribution in [1.82, 2.24) is 20.1 Å². The van der Waals surface area contributed by atoms with Crippen LogP contribution < -0.4 is 10.6 Å². The Bertz CT molecular complexity index is 778. The second-order valence-electron chi connectivity index (χ2n) is 5.68. The molecule has 1 amide bonds. The molecule has 3 rings (SSSR count). The van der Waals surface area contributed by atoms with E-state index in [9.17, 15) is 14.3 Å². The Morgan fingerprint density at radius 3 is 2.80 bits per heavy atom. The lowest BCUT2D eigenvalue weighted by Gasteiger charge is -2.19. The number of aryl methyl sites for hydroxylation is 1. The fourth-order valence-electron chi connectivity index (χ4n) is 2.67. The smallest absolute Gasteiger partial charge is 0.261 e. The van der Waals surface area contributed by atoms with E-state index in [2.05, 4.69) is 20.7 Å². The summed E-state index contributed by atoms with van der Waals surface area (Å²) in [6, 6.07) is 1.85. The summed E-state index contributed by atoms with van der Waals surface area (Å²) in [6.07, 6.45) is 1.86. The molecular weight excluding hydrogens is 372 g/mol. The molecule has 0 bridgehead atoms. The Hall–Kier alpha value is -1.90. The first-order valence-electron chi connectivity index (χ1n) is 7.56. The third kappa shape index (κ3) is 4.20. The van der Waals surface area contributed by atoms with Crippen LogP contribution in [0.1, 0.15) is 34.9 Å². The van der Waals surface area contributed by atoms with E-state index in [0.29, 0.717) is 5.82 Å². The van der Waals surface area contributed by atoms with Crippen LogP contribution in [0.2, 0.25) is 5.02 Å². The predicted octanol–water partition coefficient (Wildman–Crippen LogP) is 2.45. The molecule has 7 nitrogen and oxygen atoms in total. The van der Waals surface area contributed by atoms with Gasteiger partial charge in [-0.25, -0.2) is 9.07 Å². The SMILES string of the molecule is Cl.Cn1nc(C2CCNCC2)nc1NC(=O)c1cc(F)cc(Cl)c1O. The second-order valence-corrected chi connectivity index (χ2v) is 6.09. The molecule has 1 aliphatic rings. The van der Waals surface area contributed by atoms with Crippen LogP contribution in [0.4, 0.5) is 10.3 Å². The summed E-state index contributed by atoms with van der Waals surface area (Å²) in [6.45, 7) is 1.81. The molecule has 0 spiro atoms. The minimum absolute atomic E-state index is 0. The van der Waals surface area contributed by atoms with Crippen molar-refractivity contribution in [1.29, 1.82) is 0 Å². The van der Waals surface area contributed by atoms with Gasteiger partial charge in [0, 0.05) is 13.0 Å². The van der Waals surface area contributed by atoms with Crippen LogP contribution in [0.5, 0.6) is 5.75 Å². The van der Waals surface area contributed by atoms with Crippen LogP contribution in [0, 0.1) is 5.82 Å². The lowest BCUT2D eigenvalue weighted by Crippen LogP contribution is -2.27. The number of amides is 1. The minimum Gasteiger partial charge on any atom is -0.506 e. The summed E-state index contributed by atoms with van der Waals surface area (Å²) < 4.78 is 14.9. The zero-order chi connectivity index (χ0) is 17.3. The van der Waals surface area contributed by atoms with E-state index in [-0.39, 0.29) is 34.9 Å². The van der Waals surface area contributed by atoms with Crippen molar-refractivity contribution in [2.24, 2.45) is 7.05 Å². The maximum absolute atomic E-state index is 13.4. The molecule has 1 fully saturated rings. The number of hydrogen-bond donors (Lipinski definition) is 3. The minimum atomic E-state index is -0.712. The number of phenols is 1. The summed E-state index contributed by atoms with van der Waals surface area (Å²) >= 11 is 5.69. The summed E-state index contributed by atoms with van der Waals surface area (Å²) in [5, 5.41) is 19.7. The number of aromatic hydroxyl groups is 1. The average molecular weight is 390 g/mol. The summed E-state index contributed by atoms with van der Waals surface area (Å²) in [7, 11) is 1.66. The Labute approximate surface area is 155 Å². The molecule has 1 saturated heterocycles. The van der Waals surface area contributed by atoms with Gasteiger partial charge in [-0.2, -0.15) is 10.1 Å². The molecule has 2 aromatic rings. The maximum Gasteiger partial charge on any atom is 0.261 e. The number of carbonyl (C=O) groups is 1. The number of phenolic OH excluding ortho intramolecular Hbond substituents is 1. The van der Waals surface area contributed by atoms with Crippen molar-refractivity contribution in [2.75, 3.05) is 18.4 Å². The van der Waals surface area contributed by atoms with Gasteiger partial charge in [0.1, 0.15) is 11.6 Å². The number of carbonyl (C=O) groups excluding carboxylic acids is 1. The standard InChI is InChI=1S/C15H17ClFN5O2.ClH/c1-22-15(19-13(21-22)8-2-4-18-5-3-8)20-14(24)10-6-9(17)7-11(16)12(10)23;/h6-8,18,23H,2-5H2,1H3,(H,19,20,21,24);1H. The number of halogens is 3. The fraction of sp³-hybridized carbons (Fsp3) is 0.400. The van der Waals surface area contributed by atoms with Crippen LogP contribution >= 0.6 is 24.0 Å². The summed E-state index contributed by atoms with van der Waals surface area (Å²) in [5.74, 6) is -0.766. The molecule has 0 atom stereocenters. The quantitative estimate of drug-likeness (QED) is 0.749. The van der Waals surface area contributed by atoms with Crippen LogP contribution in [0.15, 0.2) is 12.1 Å². The van der Waals surface area contributed by atoms with E-state index < -0.39 is 17.5 Å². The maximum atomic E-state index is 13.4. The summed E-state index contributed by atoms with van der Waals surface area (Å²) in [5.41, 5.74) is -0.258. The van der Waals surface area contributed by atoms with Gasteiger partial charge in [0.2, 0.25) is 5.95 Å². The highest BCUT2D eigenvalue weighted by molar-refractivity contribution is 6.32. The van der Waals surface area contributed by atoms with Gasteiger partial charge in [-0.05, 0) is 38.1 Å². The van der Waals surface area contributed by atoms with E-state index >= 15 is 0 Å². The monoisotopic (exact) mass is 389 g/mol. The first-order valence-corrected chi connectivity index (χ1v) is 7.94. The zero-order valence-electron chi connectivity index (χ0n) is 13.4. The molecule has 1 aliphatic heterocycles. The topological polar surface area (TPSA) is 92.1 Å². The van der Waals surface area contributed by atoms with E-state index in [1.165, 1.54) is 4.68 Å². The average Bonchev–Trinajstić information content (AvgIpc) is 2.92. The van der Waals surface area contributed by atoms with Gasteiger partial charge in [-0.15, -0.1) is 12.4 Å². The van der Waals surface area contributed by atoms with E-state index in [1.54, 1.807) is 7.05 Å². The third-order valence-electron chi connectivity index (χ3n) is 3.98. The Kier molecular flexibility index (Phi) is 6.21. The van der Waals surface area contributed by atoms with Crippen molar-refractivity contribution in [3.63, 3.8) is 0 Å². The van der Waals surface area contributed by atoms with Gasteiger partial charge in [0.25, 0.3) is 5.91 Å². The first kappa shape index (κ1) is 19.4. The largest absolute Gasteiger partial charge is 0.506 e. The van der Waals surface area contributed by atoms with Gasteiger partial charge in [0.15, 0.2) is 5.82 Å². The van der Waals surface area contributed by atoms with Crippen molar-refractivity contribution in [3.05, 3.63) is 34.4 Å². The summed E-state index contributed by atoms with van der Waals surface area (Å²) in [4.78, 5) is 16.6.